The average Bonchev–Trinajstić information content (AvgIpc) is 2.91. The summed E-state index contributed by atoms with van der Waals surface area (Å²) in [6, 6.07) is 11.4. The van der Waals surface area contributed by atoms with E-state index in [1.165, 1.54) is 57.1 Å². The van der Waals surface area contributed by atoms with Crippen molar-refractivity contribution in [3.05, 3.63) is 68.2 Å². The Morgan fingerprint density at radius 3 is 2.43 bits per heavy atom. The average molecular weight is 344 g/mol. The highest BCUT2D eigenvalue weighted by Gasteiger charge is 2.14. The van der Waals surface area contributed by atoms with Crippen molar-refractivity contribution in [1.29, 1.82) is 0 Å². The highest BCUT2D eigenvalue weighted by molar-refractivity contribution is 9.10. The highest BCUT2D eigenvalue weighted by Crippen LogP contribution is 2.28. The van der Waals surface area contributed by atoms with Gasteiger partial charge in [-0.15, -0.1) is 0 Å². The minimum atomic E-state index is 0.0648. The maximum absolute atomic E-state index is 6.44. The van der Waals surface area contributed by atoms with Crippen molar-refractivity contribution in [2.45, 2.75) is 45.6 Å². The summed E-state index contributed by atoms with van der Waals surface area (Å²) in [7, 11) is 0. The molecule has 2 heteroatoms. The summed E-state index contributed by atoms with van der Waals surface area (Å²) in [4.78, 5) is 0. The number of hydrogen-bond donors (Lipinski definition) is 1. The number of aryl methyl sites for hydroxylation is 4. The van der Waals surface area contributed by atoms with E-state index in [1.807, 2.05) is 0 Å². The molecule has 0 heterocycles. The largest absolute Gasteiger partial charge is 0.324 e. The third kappa shape index (κ3) is 3.07. The molecule has 0 bridgehead atoms. The maximum atomic E-state index is 6.44. The molecule has 0 spiro atoms. The predicted molar refractivity (Wildman–Crippen MR) is 92.7 cm³/mol. The van der Waals surface area contributed by atoms with E-state index in [0.717, 1.165) is 6.42 Å². The summed E-state index contributed by atoms with van der Waals surface area (Å²) in [6.45, 7) is 4.26. The van der Waals surface area contributed by atoms with E-state index in [4.69, 9.17) is 5.73 Å². The molecule has 2 aromatic carbocycles. The molecule has 3 rings (SSSR count). The predicted octanol–water partition coefficient (Wildman–Crippen LogP) is 4.80. The molecule has 0 saturated heterocycles. The van der Waals surface area contributed by atoms with Crippen LogP contribution in [0.15, 0.2) is 34.8 Å². The number of rotatable bonds is 3. The first kappa shape index (κ1) is 14.8. The molecule has 21 heavy (non-hydrogen) atoms. The molecule has 1 aliphatic rings. The van der Waals surface area contributed by atoms with Crippen molar-refractivity contribution in [1.82, 2.24) is 0 Å². The third-order valence-electron chi connectivity index (χ3n) is 4.51. The summed E-state index contributed by atoms with van der Waals surface area (Å²) in [5.41, 5.74) is 14.6. The van der Waals surface area contributed by atoms with Crippen LogP contribution in [0, 0.1) is 13.8 Å². The van der Waals surface area contributed by atoms with Crippen molar-refractivity contribution in [2.24, 2.45) is 5.73 Å². The number of benzene rings is 2. The summed E-state index contributed by atoms with van der Waals surface area (Å²) in [5.74, 6) is 0. The molecular weight excluding hydrogens is 322 g/mol. The van der Waals surface area contributed by atoms with Crippen molar-refractivity contribution in [3.8, 4) is 0 Å². The zero-order chi connectivity index (χ0) is 15.0. The lowest BCUT2D eigenvalue weighted by Crippen LogP contribution is -2.14. The molecule has 1 aliphatic carbocycles. The van der Waals surface area contributed by atoms with Gasteiger partial charge in [-0.1, -0.05) is 46.3 Å². The Balaban J connectivity index is 1.81. The minimum Gasteiger partial charge on any atom is -0.324 e. The second kappa shape index (κ2) is 5.94. The van der Waals surface area contributed by atoms with Gasteiger partial charge in [0.25, 0.3) is 0 Å². The van der Waals surface area contributed by atoms with Gasteiger partial charge >= 0.3 is 0 Å². The van der Waals surface area contributed by atoms with Crippen LogP contribution in [-0.4, -0.2) is 0 Å². The van der Waals surface area contributed by atoms with Crippen LogP contribution in [0.2, 0.25) is 0 Å². The second-order valence-electron chi connectivity index (χ2n) is 6.24. The van der Waals surface area contributed by atoms with Crippen LogP contribution < -0.4 is 5.73 Å². The number of fused-ring (bicyclic) bond motifs is 1. The monoisotopic (exact) mass is 343 g/mol. The Bertz CT molecular complexity index is 652. The van der Waals surface area contributed by atoms with Crippen molar-refractivity contribution < 1.29 is 0 Å². The fourth-order valence-electron chi connectivity index (χ4n) is 3.32. The van der Waals surface area contributed by atoms with Gasteiger partial charge in [-0.2, -0.15) is 0 Å². The molecule has 2 aromatic rings. The molecule has 1 atom stereocenters. The molecule has 1 unspecified atom stereocenters. The van der Waals surface area contributed by atoms with Crippen molar-refractivity contribution in [3.63, 3.8) is 0 Å². The van der Waals surface area contributed by atoms with Crippen molar-refractivity contribution in [2.75, 3.05) is 0 Å². The van der Waals surface area contributed by atoms with Crippen LogP contribution in [0.5, 0.6) is 0 Å². The molecule has 0 amide bonds. The molecule has 0 aromatic heterocycles. The fraction of sp³-hybridized carbons (Fsp3) is 0.368. The first-order chi connectivity index (χ1) is 10.0. The maximum Gasteiger partial charge on any atom is 0.0335 e. The van der Waals surface area contributed by atoms with E-state index in [9.17, 15) is 0 Å². The lowest BCUT2D eigenvalue weighted by molar-refractivity contribution is 0.719. The van der Waals surface area contributed by atoms with Crippen LogP contribution in [0.3, 0.4) is 0 Å². The zero-order valence-corrected chi connectivity index (χ0v) is 14.3. The Kier molecular flexibility index (Phi) is 4.19. The van der Waals surface area contributed by atoms with Crippen LogP contribution in [0.1, 0.15) is 45.8 Å². The first-order valence-electron chi connectivity index (χ1n) is 7.67. The fourth-order valence-corrected chi connectivity index (χ4v) is 3.55. The normalized spacial score (nSPS) is 15.0. The molecule has 2 N–H and O–H groups in total. The quantitative estimate of drug-likeness (QED) is 0.851. The molecule has 1 nitrogen and oxygen atoms in total. The van der Waals surface area contributed by atoms with Gasteiger partial charge < -0.3 is 5.73 Å². The third-order valence-corrected chi connectivity index (χ3v) is 5.76. The van der Waals surface area contributed by atoms with E-state index in [1.54, 1.807) is 0 Å². The summed E-state index contributed by atoms with van der Waals surface area (Å²) in [5, 5.41) is 0. The van der Waals surface area contributed by atoms with E-state index in [0.29, 0.717) is 0 Å². The molecule has 110 valence electrons. The van der Waals surface area contributed by atoms with E-state index in [2.05, 4.69) is 60.1 Å². The Morgan fingerprint density at radius 1 is 1.05 bits per heavy atom. The zero-order valence-electron chi connectivity index (χ0n) is 12.7. The highest BCUT2D eigenvalue weighted by atomic mass is 79.9. The van der Waals surface area contributed by atoms with Crippen LogP contribution in [0.25, 0.3) is 0 Å². The number of nitrogens with two attached hydrogens (primary N) is 1. The lowest BCUT2D eigenvalue weighted by atomic mass is 9.95. The van der Waals surface area contributed by atoms with Gasteiger partial charge in [0, 0.05) is 10.5 Å². The van der Waals surface area contributed by atoms with Crippen molar-refractivity contribution >= 4 is 15.9 Å². The number of halogens is 1. The Hall–Kier alpha value is -1.12. The van der Waals surface area contributed by atoms with Gasteiger partial charge in [-0.25, -0.2) is 0 Å². The summed E-state index contributed by atoms with van der Waals surface area (Å²) < 4.78 is 1.19. The van der Waals surface area contributed by atoms with Gasteiger partial charge in [0.05, 0.1) is 0 Å². The van der Waals surface area contributed by atoms with E-state index in [-0.39, 0.29) is 6.04 Å². The van der Waals surface area contributed by atoms with Crippen LogP contribution in [-0.2, 0) is 19.3 Å². The second-order valence-corrected chi connectivity index (χ2v) is 7.03. The van der Waals surface area contributed by atoms with E-state index < -0.39 is 0 Å². The molecule has 0 saturated carbocycles. The first-order valence-corrected chi connectivity index (χ1v) is 8.47. The summed E-state index contributed by atoms with van der Waals surface area (Å²) in [6.07, 6.45) is 4.69. The molecule has 0 aliphatic heterocycles. The number of hydrogen-bond acceptors (Lipinski definition) is 1. The Morgan fingerprint density at radius 2 is 1.71 bits per heavy atom. The van der Waals surface area contributed by atoms with Gasteiger partial charge in [0.1, 0.15) is 0 Å². The summed E-state index contributed by atoms with van der Waals surface area (Å²) >= 11 is 3.62. The SMILES string of the molecule is Cc1cc(C(N)Cc2ccc3c(c2)CCC3)cc(C)c1Br. The standard InChI is InChI=1S/C19H22BrN/c1-12-8-17(9-13(2)19(12)20)18(21)11-14-6-7-15-4-3-5-16(15)10-14/h6-10,18H,3-5,11,21H2,1-2H3. The molecular formula is C19H22BrN. The molecule has 0 fully saturated rings. The van der Waals surface area contributed by atoms with Gasteiger partial charge in [-0.3, -0.25) is 0 Å². The topological polar surface area (TPSA) is 26.0 Å². The smallest absolute Gasteiger partial charge is 0.0335 e. The van der Waals surface area contributed by atoms with Gasteiger partial charge in [0.15, 0.2) is 0 Å². The lowest BCUT2D eigenvalue weighted by Gasteiger charge is -2.16. The van der Waals surface area contributed by atoms with Gasteiger partial charge in [-0.05, 0) is 72.9 Å². The van der Waals surface area contributed by atoms with Crippen LogP contribution >= 0.6 is 15.9 Å². The van der Waals surface area contributed by atoms with Crippen LogP contribution in [0.4, 0.5) is 0 Å². The minimum absolute atomic E-state index is 0.0648. The van der Waals surface area contributed by atoms with Gasteiger partial charge in [0.2, 0.25) is 0 Å². The molecule has 0 radical (unpaired) electrons. The van der Waals surface area contributed by atoms with E-state index >= 15 is 0 Å². The Labute approximate surface area is 135 Å².